The van der Waals surface area contributed by atoms with Crippen molar-refractivity contribution in [2.45, 2.75) is 76.3 Å². The number of carbonyl (C=O) groups excluding carboxylic acids is 1. The number of anilines is 1. The standard InChI is InChI=1S/C33H37N3O5S/c1-5-17-33(18-16-23-10-7-6-8-11-23)20-27(37)29(31(38)41-33)30(32(2,3)4)25-12-9-13-26(19-25)36-42(39,40)28-15-14-24(21-34)22-35-28/h6-15,19,22,30,36-37H,5,16-18,20H2,1-4H3. The van der Waals surface area contributed by atoms with Crippen LogP contribution in [0.1, 0.15) is 76.0 Å². The highest BCUT2D eigenvalue weighted by molar-refractivity contribution is 7.92. The topological polar surface area (TPSA) is 129 Å². The molecule has 4 rings (SSSR count). The second-order valence-corrected chi connectivity index (χ2v) is 13.5. The maximum atomic E-state index is 13.7. The molecule has 0 saturated heterocycles. The zero-order valence-electron chi connectivity index (χ0n) is 24.4. The number of hydrogen-bond acceptors (Lipinski definition) is 7. The van der Waals surface area contributed by atoms with Gasteiger partial charge in [0.2, 0.25) is 0 Å². The van der Waals surface area contributed by atoms with E-state index in [0.717, 1.165) is 18.4 Å². The highest BCUT2D eigenvalue weighted by Gasteiger charge is 2.46. The normalized spacial score (nSPS) is 18.2. The molecule has 0 fully saturated rings. The van der Waals surface area contributed by atoms with E-state index in [4.69, 9.17) is 10.00 Å². The summed E-state index contributed by atoms with van der Waals surface area (Å²) in [4.78, 5) is 17.6. The summed E-state index contributed by atoms with van der Waals surface area (Å²) >= 11 is 0. The van der Waals surface area contributed by atoms with E-state index in [-0.39, 0.29) is 34.0 Å². The number of aliphatic hydroxyl groups excluding tert-OH is 1. The lowest BCUT2D eigenvalue weighted by Crippen LogP contribution is -2.43. The number of aliphatic hydroxyl groups is 1. The highest BCUT2D eigenvalue weighted by Crippen LogP contribution is 2.47. The predicted molar refractivity (Wildman–Crippen MR) is 161 cm³/mol. The summed E-state index contributed by atoms with van der Waals surface area (Å²) in [6.45, 7) is 7.93. The van der Waals surface area contributed by atoms with Crippen LogP contribution in [-0.2, 0) is 26.0 Å². The van der Waals surface area contributed by atoms with Crippen LogP contribution in [0.3, 0.4) is 0 Å². The summed E-state index contributed by atoms with van der Waals surface area (Å²) < 4.78 is 34.7. The van der Waals surface area contributed by atoms with Gasteiger partial charge in [-0.15, -0.1) is 0 Å². The van der Waals surface area contributed by atoms with Crippen molar-refractivity contribution in [1.29, 1.82) is 5.26 Å². The molecule has 2 aromatic carbocycles. The Morgan fingerprint density at radius 1 is 1.10 bits per heavy atom. The summed E-state index contributed by atoms with van der Waals surface area (Å²) in [5, 5.41) is 20.2. The average molecular weight is 588 g/mol. The maximum Gasteiger partial charge on any atom is 0.338 e. The van der Waals surface area contributed by atoms with E-state index in [1.54, 1.807) is 18.2 Å². The summed E-state index contributed by atoms with van der Waals surface area (Å²) in [6.07, 6.45) is 4.15. The number of nitriles is 1. The number of nitrogens with one attached hydrogen (secondary N) is 1. The molecule has 0 saturated carbocycles. The fourth-order valence-corrected chi connectivity index (χ4v) is 6.64. The third-order valence-electron chi connectivity index (χ3n) is 7.52. The van der Waals surface area contributed by atoms with Crippen LogP contribution in [0.5, 0.6) is 0 Å². The predicted octanol–water partition coefficient (Wildman–Crippen LogP) is 6.81. The van der Waals surface area contributed by atoms with E-state index < -0.39 is 32.9 Å². The van der Waals surface area contributed by atoms with Gasteiger partial charge in [0.15, 0.2) is 5.03 Å². The average Bonchev–Trinajstić information content (AvgIpc) is 2.94. The van der Waals surface area contributed by atoms with Crippen LogP contribution in [0.4, 0.5) is 5.69 Å². The molecule has 3 aromatic rings. The van der Waals surface area contributed by atoms with Crippen LogP contribution in [0.25, 0.3) is 0 Å². The van der Waals surface area contributed by atoms with Crippen molar-refractivity contribution in [3.63, 3.8) is 0 Å². The number of ether oxygens (including phenoxy) is 1. The first-order valence-corrected chi connectivity index (χ1v) is 15.5. The number of aryl methyl sites for hydroxylation is 1. The van der Waals surface area contributed by atoms with Gasteiger partial charge in [0.1, 0.15) is 17.4 Å². The van der Waals surface area contributed by atoms with Gasteiger partial charge in [-0.25, -0.2) is 9.78 Å². The molecule has 42 heavy (non-hydrogen) atoms. The molecule has 220 valence electrons. The molecule has 0 bridgehead atoms. The van der Waals surface area contributed by atoms with Crippen LogP contribution in [-0.4, -0.2) is 30.1 Å². The number of cyclic esters (lactones) is 1. The minimum Gasteiger partial charge on any atom is -0.512 e. The Balaban J connectivity index is 1.66. The number of aromatic nitrogens is 1. The van der Waals surface area contributed by atoms with Crippen molar-refractivity contribution in [3.8, 4) is 6.07 Å². The fraction of sp³-hybridized carbons (Fsp3) is 0.364. The molecule has 0 spiro atoms. The molecule has 2 unspecified atom stereocenters. The molecule has 0 aliphatic carbocycles. The molecule has 1 aromatic heterocycles. The van der Waals surface area contributed by atoms with Crippen molar-refractivity contribution in [2.24, 2.45) is 5.41 Å². The molecule has 1 aliphatic rings. The fourth-order valence-electron chi connectivity index (χ4n) is 5.66. The Kier molecular flexibility index (Phi) is 9.07. The summed E-state index contributed by atoms with van der Waals surface area (Å²) in [6, 6.07) is 21.3. The third kappa shape index (κ3) is 7.00. The SMILES string of the molecule is CCCC1(CCc2ccccc2)CC(O)=C(C(c2cccc(NS(=O)(=O)c3ccc(C#N)cn3)c2)C(C)(C)C)C(=O)O1. The molecule has 9 heteroatoms. The van der Waals surface area contributed by atoms with Crippen LogP contribution in [0, 0.1) is 16.7 Å². The molecule has 2 atom stereocenters. The summed E-state index contributed by atoms with van der Waals surface area (Å²) in [5.41, 5.74) is 1.19. The lowest BCUT2D eigenvalue weighted by molar-refractivity contribution is -0.161. The molecular formula is C33H37N3O5S. The number of rotatable bonds is 10. The van der Waals surface area contributed by atoms with E-state index in [1.807, 2.05) is 70.2 Å². The largest absolute Gasteiger partial charge is 0.512 e. The van der Waals surface area contributed by atoms with Crippen molar-refractivity contribution < 1.29 is 23.1 Å². The molecule has 2 N–H and O–H groups in total. The van der Waals surface area contributed by atoms with E-state index in [9.17, 15) is 18.3 Å². The Morgan fingerprint density at radius 3 is 2.43 bits per heavy atom. The van der Waals surface area contributed by atoms with E-state index in [1.165, 1.54) is 18.3 Å². The zero-order chi connectivity index (χ0) is 30.5. The lowest BCUT2D eigenvalue weighted by atomic mass is 9.70. The number of sulfonamides is 1. The van der Waals surface area contributed by atoms with Gasteiger partial charge in [-0.2, -0.15) is 13.7 Å². The van der Waals surface area contributed by atoms with Gasteiger partial charge >= 0.3 is 5.97 Å². The van der Waals surface area contributed by atoms with Crippen LogP contribution >= 0.6 is 0 Å². The number of carbonyl (C=O) groups is 1. The zero-order valence-corrected chi connectivity index (χ0v) is 25.2. The van der Waals surface area contributed by atoms with E-state index in [2.05, 4.69) is 9.71 Å². The molecule has 2 heterocycles. The Labute approximate surface area is 248 Å². The van der Waals surface area contributed by atoms with Crippen molar-refractivity contribution in [1.82, 2.24) is 4.98 Å². The molecule has 1 aliphatic heterocycles. The van der Waals surface area contributed by atoms with Crippen molar-refractivity contribution in [2.75, 3.05) is 4.72 Å². The van der Waals surface area contributed by atoms with Crippen LogP contribution in [0.2, 0.25) is 0 Å². The van der Waals surface area contributed by atoms with Gasteiger partial charge in [-0.05, 0) is 60.1 Å². The number of hydrogen-bond donors (Lipinski definition) is 2. The highest BCUT2D eigenvalue weighted by atomic mass is 32.2. The van der Waals surface area contributed by atoms with Crippen molar-refractivity contribution in [3.05, 3.63) is 101 Å². The smallest absolute Gasteiger partial charge is 0.338 e. The van der Waals surface area contributed by atoms with Gasteiger partial charge in [0.05, 0.1) is 11.1 Å². The Bertz CT molecular complexity index is 1600. The monoisotopic (exact) mass is 587 g/mol. The molecule has 0 amide bonds. The minimum atomic E-state index is -4.04. The van der Waals surface area contributed by atoms with Crippen LogP contribution in [0.15, 0.2) is 89.3 Å². The van der Waals surface area contributed by atoms with Gasteiger partial charge in [-0.1, -0.05) is 76.6 Å². The molecule has 8 nitrogen and oxygen atoms in total. The second-order valence-electron chi connectivity index (χ2n) is 11.9. The van der Waals surface area contributed by atoms with Crippen molar-refractivity contribution >= 4 is 21.7 Å². The number of esters is 1. The number of nitrogens with zero attached hydrogens (tertiary/aromatic N) is 2. The lowest BCUT2D eigenvalue weighted by Gasteiger charge is -2.41. The quantitative estimate of drug-likeness (QED) is 0.249. The van der Waals surface area contributed by atoms with Gasteiger partial charge in [0, 0.05) is 24.2 Å². The summed E-state index contributed by atoms with van der Waals surface area (Å²) in [5.74, 6) is -1.11. The second kappa shape index (κ2) is 12.4. The first-order chi connectivity index (χ1) is 19.9. The first-order valence-electron chi connectivity index (χ1n) is 14.1. The number of benzene rings is 2. The van der Waals surface area contributed by atoms with Crippen LogP contribution < -0.4 is 4.72 Å². The first kappa shape index (κ1) is 30.8. The number of pyridine rings is 1. The third-order valence-corrected chi connectivity index (χ3v) is 8.81. The summed E-state index contributed by atoms with van der Waals surface area (Å²) in [7, 11) is -4.04. The van der Waals surface area contributed by atoms with E-state index >= 15 is 0 Å². The van der Waals surface area contributed by atoms with Gasteiger partial charge in [0.25, 0.3) is 10.0 Å². The molecular weight excluding hydrogens is 550 g/mol. The maximum absolute atomic E-state index is 13.7. The van der Waals surface area contributed by atoms with E-state index in [0.29, 0.717) is 18.4 Å². The minimum absolute atomic E-state index is 0.0143. The molecule has 0 radical (unpaired) electrons. The van der Waals surface area contributed by atoms with Gasteiger partial charge in [-0.3, -0.25) is 4.72 Å². The van der Waals surface area contributed by atoms with Gasteiger partial charge < -0.3 is 9.84 Å². The Morgan fingerprint density at radius 2 is 1.83 bits per heavy atom. The Hall–Kier alpha value is -4.16.